The highest BCUT2D eigenvalue weighted by molar-refractivity contribution is 6.06. The van der Waals surface area contributed by atoms with Crippen LogP contribution in [0.1, 0.15) is 23.7 Å². The number of para-hydroxylation sites is 1. The number of ether oxygens (including phenoxy) is 3. The van der Waals surface area contributed by atoms with E-state index in [1.54, 1.807) is 54.3 Å². The first-order chi connectivity index (χ1) is 14.6. The van der Waals surface area contributed by atoms with Crippen molar-refractivity contribution in [2.24, 2.45) is 5.92 Å². The molecule has 2 aromatic rings. The molecule has 0 aliphatic carbocycles. The summed E-state index contributed by atoms with van der Waals surface area (Å²) in [5.41, 5.74) is 1.30. The van der Waals surface area contributed by atoms with E-state index in [0.717, 1.165) is 0 Å². The van der Waals surface area contributed by atoms with Crippen LogP contribution in [0.25, 0.3) is 0 Å². The maximum atomic E-state index is 12.8. The number of nitrogens with one attached hydrogen (secondary N) is 1. The highest BCUT2D eigenvalue weighted by atomic mass is 16.6. The Morgan fingerprint density at radius 1 is 1.13 bits per heavy atom. The van der Waals surface area contributed by atoms with Crippen LogP contribution in [0, 0.1) is 5.92 Å². The Balaban J connectivity index is 1.47. The van der Waals surface area contributed by atoms with Crippen molar-refractivity contribution in [2.75, 3.05) is 36.6 Å². The molecule has 2 aliphatic rings. The van der Waals surface area contributed by atoms with Crippen LogP contribution in [0.15, 0.2) is 42.5 Å². The largest absolute Gasteiger partial charge is 0.486 e. The molecule has 2 heterocycles. The Labute approximate surface area is 173 Å². The molecule has 2 aliphatic heterocycles. The average molecular weight is 410 g/mol. The molecule has 0 aromatic heterocycles. The standard InChI is InChI=1S/C22H22N2O6/c1-2-28-22(27)16-5-3-4-6-17(16)23-21(26)14-11-20(25)24(13-14)15-7-8-18-19(12-15)30-10-9-29-18/h3-8,12,14H,2,9-11,13H2,1H3,(H,23,26)/t14-/m1/s1. The number of benzene rings is 2. The molecule has 8 heteroatoms. The van der Waals surface area contributed by atoms with Gasteiger partial charge in [0.15, 0.2) is 11.5 Å². The van der Waals surface area contributed by atoms with Gasteiger partial charge < -0.3 is 24.4 Å². The lowest BCUT2D eigenvalue weighted by Crippen LogP contribution is -2.28. The maximum absolute atomic E-state index is 12.8. The normalized spacial score (nSPS) is 17.6. The van der Waals surface area contributed by atoms with Gasteiger partial charge in [0, 0.05) is 24.7 Å². The minimum absolute atomic E-state index is 0.0852. The fourth-order valence-corrected chi connectivity index (χ4v) is 3.55. The van der Waals surface area contributed by atoms with Crippen LogP contribution < -0.4 is 19.7 Å². The summed E-state index contributed by atoms with van der Waals surface area (Å²) in [6, 6.07) is 11.9. The Bertz CT molecular complexity index is 989. The maximum Gasteiger partial charge on any atom is 0.340 e. The summed E-state index contributed by atoms with van der Waals surface area (Å²) in [7, 11) is 0. The zero-order chi connectivity index (χ0) is 21.1. The summed E-state index contributed by atoms with van der Waals surface area (Å²) in [6.07, 6.45) is 0.0852. The first kappa shape index (κ1) is 19.8. The van der Waals surface area contributed by atoms with Crippen LogP contribution >= 0.6 is 0 Å². The van der Waals surface area contributed by atoms with E-state index >= 15 is 0 Å². The van der Waals surface area contributed by atoms with Crippen LogP contribution in [0.3, 0.4) is 0 Å². The molecule has 0 unspecified atom stereocenters. The minimum Gasteiger partial charge on any atom is -0.486 e. The van der Waals surface area contributed by atoms with Crippen LogP contribution in [-0.2, 0) is 14.3 Å². The van der Waals surface area contributed by atoms with Crippen molar-refractivity contribution in [1.29, 1.82) is 0 Å². The number of esters is 1. The lowest BCUT2D eigenvalue weighted by molar-refractivity contribution is -0.122. The highest BCUT2D eigenvalue weighted by Gasteiger charge is 2.36. The van der Waals surface area contributed by atoms with Crippen molar-refractivity contribution in [2.45, 2.75) is 13.3 Å². The molecular weight excluding hydrogens is 388 g/mol. The molecule has 0 spiro atoms. The molecule has 1 saturated heterocycles. The Morgan fingerprint density at radius 3 is 2.70 bits per heavy atom. The van der Waals surface area contributed by atoms with E-state index in [1.807, 2.05) is 0 Å². The summed E-state index contributed by atoms with van der Waals surface area (Å²) < 4.78 is 16.1. The second-order valence-electron chi connectivity index (χ2n) is 6.99. The molecule has 0 radical (unpaired) electrons. The molecule has 1 fully saturated rings. The first-order valence-corrected chi connectivity index (χ1v) is 9.84. The fourth-order valence-electron chi connectivity index (χ4n) is 3.55. The van der Waals surface area contributed by atoms with Gasteiger partial charge in [0.2, 0.25) is 11.8 Å². The van der Waals surface area contributed by atoms with Crippen LogP contribution in [0.5, 0.6) is 11.5 Å². The van der Waals surface area contributed by atoms with Gasteiger partial charge >= 0.3 is 5.97 Å². The van der Waals surface area contributed by atoms with Crippen molar-refractivity contribution >= 4 is 29.2 Å². The fraction of sp³-hybridized carbons (Fsp3) is 0.318. The second-order valence-corrected chi connectivity index (χ2v) is 6.99. The SMILES string of the molecule is CCOC(=O)c1ccccc1NC(=O)[C@@H]1CC(=O)N(c2ccc3c(c2)OCCO3)C1. The molecule has 1 N–H and O–H groups in total. The molecule has 156 valence electrons. The molecular formula is C22H22N2O6. The lowest BCUT2D eigenvalue weighted by Gasteiger charge is -2.22. The van der Waals surface area contributed by atoms with Gasteiger partial charge in [0.1, 0.15) is 13.2 Å². The zero-order valence-corrected chi connectivity index (χ0v) is 16.6. The van der Waals surface area contributed by atoms with Gasteiger partial charge in [0.25, 0.3) is 0 Å². The number of hydrogen-bond acceptors (Lipinski definition) is 6. The molecule has 0 saturated carbocycles. The highest BCUT2D eigenvalue weighted by Crippen LogP contribution is 2.36. The topological polar surface area (TPSA) is 94.2 Å². The van der Waals surface area contributed by atoms with Gasteiger partial charge in [-0.1, -0.05) is 12.1 Å². The first-order valence-electron chi connectivity index (χ1n) is 9.84. The van der Waals surface area contributed by atoms with Crippen molar-refractivity contribution in [3.05, 3.63) is 48.0 Å². The Morgan fingerprint density at radius 2 is 1.90 bits per heavy atom. The van der Waals surface area contributed by atoms with Crippen LogP contribution in [0.4, 0.5) is 11.4 Å². The number of nitrogens with zero attached hydrogens (tertiary/aromatic N) is 1. The third-order valence-corrected chi connectivity index (χ3v) is 5.01. The summed E-state index contributed by atoms with van der Waals surface area (Å²) in [5, 5.41) is 2.77. The predicted octanol–water partition coefficient (Wildman–Crippen LogP) is 2.63. The number of fused-ring (bicyclic) bond motifs is 1. The van der Waals surface area contributed by atoms with E-state index < -0.39 is 11.9 Å². The zero-order valence-electron chi connectivity index (χ0n) is 16.6. The summed E-state index contributed by atoms with van der Waals surface area (Å²) in [4.78, 5) is 39.1. The van der Waals surface area contributed by atoms with Gasteiger partial charge in [0.05, 0.1) is 23.8 Å². The van der Waals surface area contributed by atoms with E-state index in [9.17, 15) is 14.4 Å². The molecule has 1 atom stereocenters. The number of hydrogen-bond donors (Lipinski definition) is 1. The molecule has 4 rings (SSSR count). The van der Waals surface area contributed by atoms with Gasteiger partial charge in [-0.15, -0.1) is 0 Å². The van der Waals surface area contributed by atoms with Crippen LogP contribution in [-0.4, -0.2) is 44.1 Å². The number of carbonyl (C=O) groups is 3. The van der Waals surface area contributed by atoms with E-state index in [1.165, 1.54) is 0 Å². The quantitative estimate of drug-likeness (QED) is 0.762. The lowest BCUT2D eigenvalue weighted by atomic mass is 10.1. The molecule has 0 bridgehead atoms. The van der Waals surface area contributed by atoms with Crippen LogP contribution in [0.2, 0.25) is 0 Å². The monoisotopic (exact) mass is 410 g/mol. The predicted molar refractivity (Wildman–Crippen MR) is 109 cm³/mol. The Hall–Kier alpha value is -3.55. The average Bonchev–Trinajstić information content (AvgIpc) is 3.16. The van der Waals surface area contributed by atoms with E-state index in [0.29, 0.717) is 36.1 Å². The van der Waals surface area contributed by atoms with Crippen molar-refractivity contribution < 1.29 is 28.6 Å². The minimum atomic E-state index is -0.541. The van der Waals surface area contributed by atoms with E-state index in [4.69, 9.17) is 14.2 Å². The third kappa shape index (κ3) is 3.94. The number of anilines is 2. The smallest absolute Gasteiger partial charge is 0.340 e. The van der Waals surface area contributed by atoms with E-state index in [2.05, 4.69) is 5.32 Å². The second kappa shape index (κ2) is 8.44. The van der Waals surface area contributed by atoms with Gasteiger partial charge in [-0.2, -0.15) is 0 Å². The number of carbonyl (C=O) groups excluding carboxylic acids is 3. The molecule has 2 aromatic carbocycles. The number of amides is 2. The summed E-state index contributed by atoms with van der Waals surface area (Å²) in [6.45, 7) is 3.14. The number of rotatable bonds is 5. The van der Waals surface area contributed by atoms with Crippen molar-refractivity contribution in [3.8, 4) is 11.5 Å². The molecule has 8 nitrogen and oxygen atoms in total. The van der Waals surface area contributed by atoms with Gasteiger partial charge in [-0.25, -0.2) is 4.79 Å². The summed E-state index contributed by atoms with van der Waals surface area (Å²) in [5.74, 6) is -0.287. The van der Waals surface area contributed by atoms with Crippen molar-refractivity contribution in [3.63, 3.8) is 0 Å². The molecule has 30 heavy (non-hydrogen) atoms. The van der Waals surface area contributed by atoms with Gasteiger partial charge in [-0.05, 0) is 31.2 Å². The molecule has 2 amide bonds. The Kier molecular flexibility index (Phi) is 5.56. The van der Waals surface area contributed by atoms with Crippen molar-refractivity contribution in [1.82, 2.24) is 0 Å². The van der Waals surface area contributed by atoms with E-state index in [-0.39, 0.29) is 37.0 Å². The third-order valence-electron chi connectivity index (χ3n) is 5.01. The van der Waals surface area contributed by atoms with Gasteiger partial charge in [-0.3, -0.25) is 9.59 Å². The summed E-state index contributed by atoms with van der Waals surface area (Å²) >= 11 is 0.